The molecule has 1 aliphatic heterocycles. The van der Waals surface area contributed by atoms with Gasteiger partial charge in [-0.15, -0.1) is 0 Å². The molecule has 3 rings (SSSR count). The summed E-state index contributed by atoms with van der Waals surface area (Å²) in [6, 6.07) is 13.3. The molecule has 1 aliphatic rings. The zero-order valence-electron chi connectivity index (χ0n) is 15.3. The highest BCUT2D eigenvalue weighted by Gasteiger charge is 2.35. The van der Waals surface area contributed by atoms with E-state index in [1.54, 1.807) is 0 Å². The number of hydrogen-bond acceptors (Lipinski definition) is 3. The Balaban J connectivity index is 1.74. The summed E-state index contributed by atoms with van der Waals surface area (Å²) < 4.78 is 24.8. The van der Waals surface area contributed by atoms with E-state index >= 15 is 0 Å². The minimum absolute atomic E-state index is 0.145. The molecule has 2 unspecified atom stereocenters. The van der Waals surface area contributed by atoms with E-state index in [0.717, 1.165) is 11.3 Å². The first-order valence-electron chi connectivity index (χ1n) is 8.88. The summed E-state index contributed by atoms with van der Waals surface area (Å²) in [5, 5.41) is 3.10. The molecular formula is C21H24FNO3. The Kier molecular flexibility index (Phi) is 5.16. The van der Waals surface area contributed by atoms with E-state index < -0.39 is 6.10 Å². The van der Waals surface area contributed by atoms with Crippen LogP contribution in [0, 0.1) is 5.82 Å². The molecule has 26 heavy (non-hydrogen) atoms. The van der Waals surface area contributed by atoms with Crippen LogP contribution in [0.5, 0.6) is 11.5 Å². The first-order chi connectivity index (χ1) is 12.4. The number of nitrogens with one attached hydrogen (secondary N) is 1. The third kappa shape index (κ3) is 4.15. The van der Waals surface area contributed by atoms with Crippen molar-refractivity contribution in [1.82, 2.24) is 5.32 Å². The van der Waals surface area contributed by atoms with E-state index in [1.165, 1.54) is 24.3 Å². The van der Waals surface area contributed by atoms with Crippen molar-refractivity contribution in [3.05, 3.63) is 59.9 Å². The lowest BCUT2D eigenvalue weighted by Crippen LogP contribution is -2.45. The van der Waals surface area contributed by atoms with Crippen molar-refractivity contribution in [2.75, 3.05) is 0 Å². The van der Waals surface area contributed by atoms with E-state index in [1.807, 2.05) is 45.0 Å². The second-order valence-electron chi connectivity index (χ2n) is 7.13. The second kappa shape index (κ2) is 7.36. The van der Waals surface area contributed by atoms with Crippen molar-refractivity contribution in [3.8, 4) is 11.5 Å². The smallest absolute Gasteiger partial charge is 0.261 e. The SMILES string of the molecule is CCC(Oc1ccc(F)cc1)C(=O)NC1CC(C)(C)Oc2ccccc21. The second-order valence-corrected chi connectivity index (χ2v) is 7.13. The molecule has 138 valence electrons. The summed E-state index contributed by atoms with van der Waals surface area (Å²) in [5.74, 6) is 0.743. The van der Waals surface area contributed by atoms with Gasteiger partial charge in [0.15, 0.2) is 6.10 Å². The summed E-state index contributed by atoms with van der Waals surface area (Å²) in [5.41, 5.74) is 0.600. The van der Waals surface area contributed by atoms with Crippen LogP contribution < -0.4 is 14.8 Å². The quantitative estimate of drug-likeness (QED) is 0.863. The summed E-state index contributed by atoms with van der Waals surface area (Å²) >= 11 is 0. The monoisotopic (exact) mass is 357 g/mol. The molecule has 1 heterocycles. The van der Waals surface area contributed by atoms with Crippen molar-refractivity contribution >= 4 is 5.91 Å². The van der Waals surface area contributed by atoms with Crippen LogP contribution in [0.15, 0.2) is 48.5 Å². The Morgan fingerprint density at radius 2 is 1.96 bits per heavy atom. The van der Waals surface area contributed by atoms with Gasteiger partial charge in [-0.05, 0) is 50.6 Å². The highest BCUT2D eigenvalue weighted by molar-refractivity contribution is 5.81. The molecule has 2 aromatic carbocycles. The number of amides is 1. The molecular weight excluding hydrogens is 333 g/mol. The Morgan fingerprint density at radius 1 is 1.27 bits per heavy atom. The molecule has 1 N–H and O–H groups in total. The van der Waals surface area contributed by atoms with Gasteiger partial charge in [0, 0.05) is 12.0 Å². The van der Waals surface area contributed by atoms with Gasteiger partial charge < -0.3 is 14.8 Å². The molecule has 5 heteroatoms. The number of hydrogen-bond donors (Lipinski definition) is 1. The lowest BCUT2D eigenvalue weighted by atomic mass is 9.89. The highest BCUT2D eigenvalue weighted by Crippen LogP contribution is 2.39. The van der Waals surface area contributed by atoms with Crippen molar-refractivity contribution in [3.63, 3.8) is 0 Å². The first kappa shape index (κ1) is 18.2. The van der Waals surface area contributed by atoms with Gasteiger partial charge in [-0.2, -0.15) is 0 Å². The van der Waals surface area contributed by atoms with Gasteiger partial charge in [-0.3, -0.25) is 4.79 Å². The molecule has 0 radical (unpaired) electrons. The topological polar surface area (TPSA) is 47.6 Å². The van der Waals surface area contributed by atoms with E-state index in [0.29, 0.717) is 18.6 Å². The Bertz CT molecular complexity index is 773. The Morgan fingerprint density at radius 3 is 2.65 bits per heavy atom. The molecule has 2 atom stereocenters. The molecule has 0 spiro atoms. The summed E-state index contributed by atoms with van der Waals surface area (Å²) in [4.78, 5) is 12.8. The minimum atomic E-state index is -0.640. The average molecular weight is 357 g/mol. The van der Waals surface area contributed by atoms with Crippen LogP contribution in [0.1, 0.15) is 45.2 Å². The summed E-state index contributed by atoms with van der Waals surface area (Å²) in [6.45, 7) is 5.90. The fourth-order valence-corrected chi connectivity index (χ4v) is 3.20. The van der Waals surface area contributed by atoms with Gasteiger partial charge in [-0.25, -0.2) is 4.39 Å². The van der Waals surface area contributed by atoms with Crippen LogP contribution in [0.3, 0.4) is 0 Å². The van der Waals surface area contributed by atoms with Crippen LogP contribution in [-0.4, -0.2) is 17.6 Å². The number of benzene rings is 2. The van der Waals surface area contributed by atoms with Crippen LogP contribution in [-0.2, 0) is 4.79 Å². The molecule has 1 amide bonds. The van der Waals surface area contributed by atoms with Crippen molar-refractivity contribution in [2.45, 2.75) is 51.4 Å². The van der Waals surface area contributed by atoms with E-state index in [-0.39, 0.29) is 23.4 Å². The number of rotatable bonds is 5. The number of fused-ring (bicyclic) bond motifs is 1. The molecule has 0 bridgehead atoms. The lowest BCUT2D eigenvalue weighted by molar-refractivity contribution is -0.129. The predicted octanol–water partition coefficient (Wildman–Crippen LogP) is 4.40. The molecule has 0 aromatic heterocycles. The van der Waals surface area contributed by atoms with Crippen molar-refractivity contribution < 1.29 is 18.7 Å². The lowest BCUT2D eigenvalue weighted by Gasteiger charge is -2.38. The van der Waals surface area contributed by atoms with E-state index in [2.05, 4.69) is 5.32 Å². The minimum Gasteiger partial charge on any atom is -0.487 e. The van der Waals surface area contributed by atoms with Gasteiger partial charge in [0.1, 0.15) is 22.9 Å². The molecule has 0 fully saturated rings. The number of halogens is 1. The van der Waals surface area contributed by atoms with E-state index in [9.17, 15) is 9.18 Å². The van der Waals surface area contributed by atoms with Gasteiger partial charge in [-0.1, -0.05) is 25.1 Å². The summed E-state index contributed by atoms with van der Waals surface area (Å²) in [6.07, 6.45) is 0.541. The van der Waals surface area contributed by atoms with Crippen LogP contribution in [0.4, 0.5) is 4.39 Å². The van der Waals surface area contributed by atoms with Gasteiger partial charge in [0.2, 0.25) is 0 Å². The zero-order chi connectivity index (χ0) is 18.7. The zero-order valence-corrected chi connectivity index (χ0v) is 15.3. The maximum absolute atomic E-state index is 13.0. The molecule has 2 aromatic rings. The van der Waals surface area contributed by atoms with Crippen LogP contribution in [0.2, 0.25) is 0 Å². The summed E-state index contributed by atoms with van der Waals surface area (Å²) in [7, 11) is 0. The number of para-hydroxylation sites is 1. The fraction of sp³-hybridized carbons (Fsp3) is 0.381. The molecule has 0 aliphatic carbocycles. The third-order valence-corrected chi connectivity index (χ3v) is 4.45. The number of carbonyl (C=O) groups excluding carboxylic acids is 1. The van der Waals surface area contributed by atoms with Gasteiger partial charge in [0.05, 0.1) is 6.04 Å². The Hall–Kier alpha value is -2.56. The molecule has 0 saturated heterocycles. The average Bonchev–Trinajstić information content (AvgIpc) is 2.60. The third-order valence-electron chi connectivity index (χ3n) is 4.45. The van der Waals surface area contributed by atoms with E-state index in [4.69, 9.17) is 9.47 Å². The maximum Gasteiger partial charge on any atom is 0.261 e. The maximum atomic E-state index is 13.0. The number of ether oxygens (including phenoxy) is 2. The van der Waals surface area contributed by atoms with Gasteiger partial charge in [0.25, 0.3) is 5.91 Å². The normalized spacial score (nSPS) is 19.0. The van der Waals surface area contributed by atoms with Crippen LogP contribution >= 0.6 is 0 Å². The highest BCUT2D eigenvalue weighted by atomic mass is 19.1. The molecule has 0 saturated carbocycles. The van der Waals surface area contributed by atoms with Crippen LogP contribution in [0.25, 0.3) is 0 Å². The first-order valence-corrected chi connectivity index (χ1v) is 8.88. The standard InChI is InChI=1S/C21H24FNO3/c1-4-18(25-15-11-9-14(22)10-12-15)20(24)23-17-13-21(2,3)26-19-8-6-5-7-16(17)19/h5-12,17-18H,4,13H2,1-3H3,(H,23,24). The van der Waals surface area contributed by atoms with Crippen molar-refractivity contribution in [1.29, 1.82) is 0 Å². The van der Waals surface area contributed by atoms with Crippen molar-refractivity contribution in [2.24, 2.45) is 0 Å². The largest absolute Gasteiger partial charge is 0.487 e. The fourth-order valence-electron chi connectivity index (χ4n) is 3.20. The molecule has 4 nitrogen and oxygen atoms in total. The Labute approximate surface area is 153 Å². The predicted molar refractivity (Wildman–Crippen MR) is 97.8 cm³/mol. The van der Waals surface area contributed by atoms with Gasteiger partial charge >= 0.3 is 0 Å². The number of carbonyl (C=O) groups is 1.